The number of benzene rings is 1. The fourth-order valence-corrected chi connectivity index (χ4v) is 4.74. The average Bonchev–Trinajstić information content (AvgIpc) is 3.34. The molecule has 2 fully saturated rings. The Hall–Kier alpha value is -2.57. The molecule has 0 amide bonds. The Labute approximate surface area is 154 Å². The highest BCUT2D eigenvalue weighted by atomic mass is 19.4. The first-order chi connectivity index (χ1) is 13.0. The molecule has 1 saturated heterocycles. The Morgan fingerprint density at radius 3 is 2.67 bits per heavy atom. The van der Waals surface area contributed by atoms with E-state index < -0.39 is 11.9 Å². The highest BCUT2D eigenvalue weighted by molar-refractivity contribution is 5.78. The fraction of sp³-hybridized carbons (Fsp3) is 0.400. The lowest BCUT2D eigenvalue weighted by atomic mass is 9.98. The van der Waals surface area contributed by atoms with Crippen molar-refractivity contribution in [3.05, 3.63) is 54.4 Å². The predicted molar refractivity (Wildman–Crippen MR) is 96.4 cm³/mol. The van der Waals surface area contributed by atoms with Crippen LogP contribution < -0.4 is 4.90 Å². The molecular formula is C20H19F3N4. The van der Waals surface area contributed by atoms with Crippen molar-refractivity contribution in [2.24, 2.45) is 11.8 Å². The molecule has 7 heteroatoms. The van der Waals surface area contributed by atoms with Gasteiger partial charge in [-0.05, 0) is 37.0 Å². The molecule has 5 rings (SSSR count). The maximum Gasteiger partial charge on any atom is 0.433 e. The lowest BCUT2D eigenvalue weighted by Crippen LogP contribution is -2.25. The Morgan fingerprint density at radius 2 is 1.81 bits per heavy atom. The topological polar surface area (TPSA) is 34.0 Å². The van der Waals surface area contributed by atoms with Crippen LogP contribution in [-0.4, -0.2) is 27.9 Å². The Kier molecular flexibility index (Phi) is 3.67. The summed E-state index contributed by atoms with van der Waals surface area (Å²) in [5, 5.41) is 5.74. The molecule has 0 radical (unpaired) electrons. The quantitative estimate of drug-likeness (QED) is 0.662. The zero-order valence-electron chi connectivity index (χ0n) is 14.6. The minimum Gasteiger partial charge on any atom is -0.356 e. The molecule has 1 saturated carbocycles. The molecule has 1 aromatic carbocycles. The molecule has 3 unspecified atom stereocenters. The first-order valence-electron chi connectivity index (χ1n) is 9.22. The first-order valence-corrected chi connectivity index (χ1v) is 9.22. The monoisotopic (exact) mass is 372 g/mol. The Balaban J connectivity index is 1.42. The van der Waals surface area contributed by atoms with Crippen molar-refractivity contribution in [2.75, 3.05) is 18.0 Å². The molecule has 140 valence electrons. The molecule has 2 aliphatic rings. The number of halogens is 3. The van der Waals surface area contributed by atoms with Gasteiger partial charge in [-0.25, -0.2) is 4.98 Å². The van der Waals surface area contributed by atoms with Gasteiger partial charge in [0.15, 0.2) is 0 Å². The number of fused-ring (bicyclic) bond motifs is 2. The smallest absolute Gasteiger partial charge is 0.356 e. The number of hydrogen-bond acceptors (Lipinski definition) is 3. The Morgan fingerprint density at radius 1 is 0.963 bits per heavy atom. The van der Waals surface area contributed by atoms with Crippen LogP contribution in [0.2, 0.25) is 0 Å². The van der Waals surface area contributed by atoms with E-state index in [9.17, 15) is 13.2 Å². The van der Waals surface area contributed by atoms with Crippen molar-refractivity contribution < 1.29 is 13.2 Å². The van der Waals surface area contributed by atoms with Crippen molar-refractivity contribution in [2.45, 2.75) is 25.1 Å². The van der Waals surface area contributed by atoms with Crippen LogP contribution in [0.5, 0.6) is 0 Å². The third-order valence-corrected chi connectivity index (χ3v) is 5.99. The summed E-state index contributed by atoms with van der Waals surface area (Å²) in [7, 11) is 0. The summed E-state index contributed by atoms with van der Waals surface area (Å²) in [6.07, 6.45) is -0.393. The van der Waals surface area contributed by atoms with Crippen LogP contribution in [0, 0.1) is 11.8 Å². The van der Waals surface area contributed by atoms with E-state index in [0.29, 0.717) is 17.7 Å². The molecule has 0 N–H and O–H groups in total. The lowest BCUT2D eigenvalue weighted by Gasteiger charge is -2.23. The van der Waals surface area contributed by atoms with Crippen molar-refractivity contribution in [3.63, 3.8) is 0 Å². The summed E-state index contributed by atoms with van der Waals surface area (Å²) in [4.78, 5) is 5.87. The number of para-hydroxylation sites is 1. The SMILES string of the molecule is FC(F)(F)c1cccc(N2CC3CCC(n4ncc5ccccc54)C3C2)n1. The summed E-state index contributed by atoms with van der Waals surface area (Å²) in [5.74, 6) is 1.27. The summed E-state index contributed by atoms with van der Waals surface area (Å²) < 4.78 is 41.1. The van der Waals surface area contributed by atoms with E-state index in [0.717, 1.165) is 42.9 Å². The van der Waals surface area contributed by atoms with E-state index in [4.69, 9.17) is 0 Å². The second kappa shape index (κ2) is 5.97. The zero-order valence-corrected chi connectivity index (χ0v) is 14.6. The highest BCUT2D eigenvalue weighted by Gasteiger charge is 2.44. The van der Waals surface area contributed by atoms with Gasteiger partial charge < -0.3 is 4.90 Å². The molecule has 4 nitrogen and oxygen atoms in total. The number of alkyl halides is 3. The number of aromatic nitrogens is 3. The van der Waals surface area contributed by atoms with Crippen LogP contribution in [0.15, 0.2) is 48.7 Å². The second-order valence-electron chi connectivity index (χ2n) is 7.50. The fourth-order valence-electron chi connectivity index (χ4n) is 4.74. The van der Waals surface area contributed by atoms with Gasteiger partial charge in [0.1, 0.15) is 11.5 Å². The van der Waals surface area contributed by atoms with Crippen molar-refractivity contribution in [1.29, 1.82) is 0 Å². The summed E-state index contributed by atoms with van der Waals surface area (Å²) in [6.45, 7) is 1.48. The van der Waals surface area contributed by atoms with Crippen molar-refractivity contribution in [1.82, 2.24) is 14.8 Å². The maximum absolute atomic E-state index is 13.0. The van der Waals surface area contributed by atoms with Crippen molar-refractivity contribution >= 4 is 16.7 Å². The minimum absolute atomic E-state index is 0.283. The molecular weight excluding hydrogens is 353 g/mol. The molecule has 3 aromatic rings. The van der Waals surface area contributed by atoms with E-state index in [1.807, 2.05) is 23.2 Å². The van der Waals surface area contributed by atoms with Crippen LogP contribution >= 0.6 is 0 Å². The summed E-state index contributed by atoms with van der Waals surface area (Å²) in [5.41, 5.74) is 0.297. The molecule has 1 aliphatic carbocycles. The third-order valence-electron chi connectivity index (χ3n) is 5.99. The van der Waals surface area contributed by atoms with Crippen LogP contribution in [0.3, 0.4) is 0 Å². The van der Waals surface area contributed by atoms with E-state index >= 15 is 0 Å². The van der Waals surface area contributed by atoms with Crippen LogP contribution in [-0.2, 0) is 6.18 Å². The van der Waals surface area contributed by atoms with Gasteiger partial charge in [-0.2, -0.15) is 18.3 Å². The van der Waals surface area contributed by atoms with Gasteiger partial charge in [0.05, 0.1) is 17.8 Å². The number of anilines is 1. The first kappa shape index (κ1) is 16.6. The highest BCUT2D eigenvalue weighted by Crippen LogP contribution is 2.46. The second-order valence-corrected chi connectivity index (χ2v) is 7.50. The summed E-state index contributed by atoms with van der Waals surface area (Å²) >= 11 is 0. The third kappa shape index (κ3) is 2.76. The molecule has 0 bridgehead atoms. The van der Waals surface area contributed by atoms with E-state index in [-0.39, 0.29) is 6.04 Å². The van der Waals surface area contributed by atoms with Gasteiger partial charge in [-0.1, -0.05) is 24.3 Å². The van der Waals surface area contributed by atoms with Gasteiger partial charge >= 0.3 is 6.18 Å². The van der Waals surface area contributed by atoms with Gasteiger partial charge in [-0.15, -0.1) is 0 Å². The molecule has 1 aliphatic heterocycles. The van der Waals surface area contributed by atoms with Gasteiger partial charge in [0, 0.05) is 24.4 Å². The molecule has 27 heavy (non-hydrogen) atoms. The largest absolute Gasteiger partial charge is 0.433 e. The lowest BCUT2D eigenvalue weighted by molar-refractivity contribution is -0.141. The number of pyridine rings is 1. The van der Waals surface area contributed by atoms with Gasteiger partial charge in [0.25, 0.3) is 0 Å². The van der Waals surface area contributed by atoms with E-state index in [1.54, 1.807) is 6.07 Å². The number of nitrogens with zero attached hydrogens (tertiary/aromatic N) is 4. The number of rotatable bonds is 2. The summed E-state index contributed by atoms with van der Waals surface area (Å²) in [6, 6.07) is 12.6. The van der Waals surface area contributed by atoms with Gasteiger partial charge in [0.2, 0.25) is 0 Å². The van der Waals surface area contributed by atoms with Crippen LogP contribution in [0.1, 0.15) is 24.6 Å². The number of hydrogen-bond donors (Lipinski definition) is 0. The maximum atomic E-state index is 13.0. The van der Waals surface area contributed by atoms with Crippen molar-refractivity contribution in [3.8, 4) is 0 Å². The molecule has 3 atom stereocenters. The Bertz CT molecular complexity index is 981. The molecule has 0 spiro atoms. The average molecular weight is 372 g/mol. The predicted octanol–water partition coefficient (Wildman–Crippen LogP) is 4.54. The standard InChI is InChI=1S/C20H19F3N4/c21-20(22,23)18-6-3-7-19(25-18)26-11-14-8-9-17(15(14)12-26)27-16-5-2-1-4-13(16)10-24-27/h1-7,10,14-15,17H,8-9,11-12H2. The van der Waals surface area contributed by atoms with Crippen LogP contribution in [0.25, 0.3) is 10.9 Å². The van der Waals surface area contributed by atoms with E-state index in [1.165, 1.54) is 6.07 Å². The minimum atomic E-state index is -4.41. The van der Waals surface area contributed by atoms with Gasteiger partial charge in [-0.3, -0.25) is 4.68 Å². The zero-order chi connectivity index (χ0) is 18.6. The normalized spacial score (nSPS) is 25.3. The van der Waals surface area contributed by atoms with E-state index in [2.05, 4.69) is 26.9 Å². The molecule has 3 heterocycles. The molecule has 2 aromatic heterocycles. The van der Waals surface area contributed by atoms with Crippen LogP contribution in [0.4, 0.5) is 19.0 Å².